The molecule has 0 aliphatic heterocycles. The van der Waals surface area contributed by atoms with E-state index in [1.807, 2.05) is 24.3 Å². The van der Waals surface area contributed by atoms with Gasteiger partial charge >= 0.3 is 0 Å². The summed E-state index contributed by atoms with van der Waals surface area (Å²) in [5, 5.41) is 1.96. The first-order valence-corrected chi connectivity index (χ1v) is 8.97. The number of anilines is 1. The van der Waals surface area contributed by atoms with Crippen LogP contribution in [-0.4, -0.2) is 18.4 Å². The first-order valence-electron chi connectivity index (χ1n) is 7.49. The number of hydrogen-bond donors (Lipinski definition) is 2. The van der Waals surface area contributed by atoms with Gasteiger partial charge in [0.1, 0.15) is 0 Å². The van der Waals surface area contributed by atoms with E-state index in [0.717, 1.165) is 10.8 Å². The lowest BCUT2D eigenvalue weighted by atomic mass is 10.1. The van der Waals surface area contributed by atoms with Crippen molar-refractivity contribution in [1.29, 1.82) is 0 Å². The van der Waals surface area contributed by atoms with Crippen LogP contribution >= 0.6 is 0 Å². The number of benzene rings is 3. The largest absolute Gasteiger partial charge is 0.369 e. The summed E-state index contributed by atoms with van der Waals surface area (Å²) in [5.74, 6) is -0.0114. The molecule has 3 aromatic carbocycles. The van der Waals surface area contributed by atoms with Crippen LogP contribution in [0, 0.1) is 0 Å². The highest BCUT2D eigenvalue weighted by molar-refractivity contribution is 7.91. The van der Waals surface area contributed by atoms with E-state index >= 15 is 0 Å². The van der Waals surface area contributed by atoms with E-state index in [-0.39, 0.29) is 21.1 Å². The summed E-state index contributed by atoms with van der Waals surface area (Å²) in [7, 11) is -3.76. The maximum atomic E-state index is 12.9. The molecular weight excluding hydrogens is 338 g/mol. The standard InChI is InChI=1S/C18H13N3O3S/c19-18-20-16-8-7-14(10-15(16)17(22)21-18)25(23,24)13-6-5-11-3-1-2-4-12(11)9-13/h1-10H,(H3,19,20,21,22). The molecule has 6 nitrogen and oxygen atoms in total. The van der Waals surface area contributed by atoms with E-state index < -0.39 is 15.4 Å². The van der Waals surface area contributed by atoms with Crippen molar-refractivity contribution in [2.75, 3.05) is 5.73 Å². The Hall–Kier alpha value is -3.19. The molecule has 0 fully saturated rings. The minimum Gasteiger partial charge on any atom is -0.369 e. The molecule has 124 valence electrons. The molecule has 7 heteroatoms. The number of nitrogens with zero attached hydrogens (tertiary/aromatic N) is 1. The molecule has 0 amide bonds. The number of nitrogens with one attached hydrogen (secondary N) is 1. The summed E-state index contributed by atoms with van der Waals surface area (Å²) in [6, 6.07) is 16.7. The average Bonchev–Trinajstić information content (AvgIpc) is 2.60. The zero-order chi connectivity index (χ0) is 17.6. The van der Waals surface area contributed by atoms with Gasteiger partial charge in [0.05, 0.1) is 20.7 Å². The summed E-state index contributed by atoms with van der Waals surface area (Å²) in [4.78, 5) is 18.6. The molecule has 0 saturated carbocycles. The van der Waals surface area contributed by atoms with Crippen LogP contribution < -0.4 is 11.3 Å². The molecule has 0 unspecified atom stereocenters. The summed E-state index contributed by atoms with van der Waals surface area (Å²) >= 11 is 0. The maximum Gasteiger partial charge on any atom is 0.260 e. The molecule has 4 rings (SSSR count). The number of aromatic nitrogens is 2. The quantitative estimate of drug-likeness (QED) is 0.577. The SMILES string of the molecule is Nc1nc2ccc(S(=O)(=O)c3ccc4ccccc4c3)cc2c(=O)[nH]1. The fraction of sp³-hybridized carbons (Fsp3) is 0. The normalized spacial score (nSPS) is 11.8. The van der Waals surface area contributed by atoms with Crippen molar-refractivity contribution in [3.05, 3.63) is 71.0 Å². The van der Waals surface area contributed by atoms with Gasteiger partial charge in [-0.3, -0.25) is 9.78 Å². The second-order valence-electron chi connectivity index (χ2n) is 5.64. The number of hydrogen-bond acceptors (Lipinski definition) is 5. The van der Waals surface area contributed by atoms with Gasteiger partial charge in [0.25, 0.3) is 5.56 Å². The van der Waals surface area contributed by atoms with Crippen LogP contribution in [0.25, 0.3) is 21.7 Å². The van der Waals surface area contributed by atoms with Crippen LogP contribution in [0.2, 0.25) is 0 Å². The van der Waals surface area contributed by atoms with Crippen molar-refractivity contribution in [3.63, 3.8) is 0 Å². The van der Waals surface area contributed by atoms with E-state index in [1.54, 1.807) is 18.2 Å². The lowest BCUT2D eigenvalue weighted by Gasteiger charge is -2.07. The summed E-state index contributed by atoms with van der Waals surface area (Å²) in [6.07, 6.45) is 0. The maximum absolute atomic E-state index is 12.9. The van der Waals surface area contributed by atoms with Gasteiger partial charge in [0.15, 0.2) is 0 Å². The van der Waals surface area contributed by atoms with Crippen LogP contribution in [0.15, 0.2) is 75.2 Å². The van der Waals surface area contributed by atoms with Crippen LogP contribution in [0.3, 0.4) is 0 Å². The highest BCUT2D eigenvalue weighted by Crippen LogP contribution is 2.26. The summed E-state index contributed by atoms with van der Waals surface area (Å²) < 4.78 is 25.9. The zero-order valence-corrected chi connectivity index (χ0v) is 13.7. The Bertz CT molecular complexity index is 1290. The molecule has 1 aromatic heterocycles. The highest BCUT2D eigenvalue weighted by Gasteiger charge is 2.19. The molecule has 25 heavy (non-hydrogen) atoms. The second kappa shape index (κ2) is 5.42. The molecule has 0 radical (unpaired) electrons. The predicted octanol–water partition coefficient (Wildman–Crippen LogP) is 2.49. The van der Waals surface area contributed by atoms with Gasteiger partial charge in [-0.1, -0.05) is 30.3 Å². The number of fused-ring (bicyclic) bond motifs is 2. The fourth-order valence-corrected chi connectivity index (χ4v) is 4.10. The Kier molecular flexibility index (Phi) is 3.33. The van der Waals surface area contributed by atoms with Crippen LogP contribution in [0.4, 0.5) is 5.95 Å². The predicted molar refractivity (Wildman–Crippen MR) is 96.2 cm³/mol. The number of nitrogens with two attached hydrogens (primary N) is 1. The third kappa shape index (κ3) is 2.54. The number of aromatic amines is 1. The molecule has 1 heterocycles. The first-order chi connectivity index (χ1) is 11.9. The van der Waals surface area contributed by atoms with Gasteiger partial charge in [-0.05, 0) is 41.1 Å². The molecule has 0 saturated heterocycles. The number of rotatable bonds is 2. The number of H-pyrrole nitrogens is 1. The molecule has 0 bridgehead atoms. The summed E-state index contributed by atoms with van der Waals surface area (Å²) in [5.41, 5.74) is 5.38. The van der Waals surface area contributed by atoms with Crippen molar-refractivity contribution in [2.45, 2.75) is 9.79 Å². The lowest BCUT2D eigenvalue weighted by Crippen LogP contribution is -2.12. The van der Waals surface area contributed by atoms with Crippen LogP contribution in [0.5, 0.6) is 0 Å². The van der Waals surface area contributed by atoms with Crippen molar-refractivity contribution in [1.82, 2.24) is 9.97 Å². The van der Waals surface area contributed by atoms with E-state index in [1.165, 1.54) is 18.2 Å². The molecule has 0 atom stereocenters. The second-order valence-corrected chi connectivity index (χ2v) is 7.59. The van der Waals surface area contributed by atoms with Crippen molar-refractivity contribution < 1.29 is 8.42 Å². The minimum atomic E-state index is -3.76. The third-order valence-electron chi connectivity index (χ3n) is 4.04. The summed E-state index contributed by atoms with van der Waals surface area (Å²) in [6.45, 7) is 0. The van der Waals surface area contributed by atoms with Gasteiger partial charge in [-0.15, -0.1) is 0 Å². The van der Waals surface area contributed by atoms with Gasteiger partial charge < -0.3 is 5.73 Å². The van der Waals surface area contributed by atoms with Gasteiger partial charge in [0, 0.05) is 0 Å². The Balaban J connectivity index is 1.92. The van der Waals surface area contributed by atoms with E-state index in [4.69, 9.17) is 5.73 Å². The molecule has 0 spiro atoms. The molecule has 0 aliphatic carbocycles. The Morgan fingerprint density at radius 2 is 1.56 bits per heavy atom. The molecule has 4 aromatic rings. The molecule has 3 N–H and O–H groups in total. The highest BCUT2D eigenvalue weighted by atomic mass is 32.2. The topological polar surface area (TPSA) is 106 Å². The van der Waals surface area contributed by atoms with E-state index in [9.17, 15) is 13.2 Å². The Labute approximate surface area is 142 Å². The fourth-order valence-electron chi connectivity index (χ4n) is 2.77. The minimum absolute atomic E-state index is 0.0114. The van der Waals surface area contributed by atoms with Crippen molar-refractivity contribution >= 4 is 37.5 Å². The molecular formula is C18H13N3O3S. The lowest BCUT2D eigenvalue weighted by molar-refractivity contribution is 0.596. The molecule has 0 aliphatic rings. The number of nitrogen functional groups attached to an aromatic ring is 1. The van der Waals surface area contributed by atoms with E-state index in [2.05, 4.69) is 9.97 Å². The smallest absolute Gasteiger partial charge is 0.260 e. The van der Waals surface area contributed by atoms with Crippen LogP contribution in [-0.2, 0) is 9.84 Å². The Morgan fingerprint density at radius 3 is 2.36 bits per heavy atom. The monoisotopic (exact) mass is 351 g/mol. The van der Waals surface area contributed by atoms with Gasteiger partial charge in [-0.25, -0.2) is 13.4 Å². The average molecular weight is 351 g/mol. The van der Waals surface area contributed by atoms with Crippen molar-refractivity contribution in [2.24, 2.45) is 0 Å². The Morgan fingerprint density at radius 1 is 0.880 bits per heavy atom. The first kappa shape index (κ1) is 15.3. The van der Waals surface area contributed by atoms with Gasteiger partial charge in [0.2, 0.25) is 15.8 Å². The van der Waals surface area contributed by atoms with Crippen LogP contribution in [0.1, 0.15) is 0 Å². The third-order valence-corrected chi connectivity index (χ3v) is 5.79. The number of sulfone groups is 1. The van der Waals surface area contributed by atoms with E-state index in [0.29, 0.717) is 5.52 Å². The van der Waals surface area contributed by atoms with Crippen molar-refractivity contribution in [3.8, 4) is 0 Å². The zero-order valence-electron chi connectivity index (χ0n) is 12.9. The van der Waals surface area contributed by atoms with Gasteiger partial charge in [-0.2, -0.15) is 0 Å².